The first kappa shape index (κ1) is 19.7. The van der Waals surface area contributed by atoms with Crippen LogP contribution in [0.1, 0.15) is 49.0 Å². The molecule has 26 heavy (non-hydrogen) atoms. The standard InChI is InChI=1S/C20H22ClN3O2/c1-3-4-5-19(25)24-23-14(2)15-8-12-18(13-9-15)22-20(26)16-6-10-17(21)11-7-16/h6-13H,3-5H2,1-2H3,(H,22,26)(H,24,25)/b23-14-. The van der Waals surface area contributed by atoms with E-state index >= 15 is 0 Å². The highest BCUT2D eigenvalue weighted by Crippen LogP contribution is 2.14. The lowest BCUT2D eigenvalue weighted by atomic mass is 10.1. The first-order valence-electron chi connectivity index (χ1n) is 8.50. The summed E-state index contributed by atoms with van der Waals surface area (Å²) in [4.78, 5) is 23.8. The fraction of sp³-hybridized carbons (Fsp3) is 0.250. The fourth-order valence-electron chi connectivity index (χ4n) is 2.20. The maximum Gasteiger partial charge on any atom is 0.255 e. The summed E-state index contributed by atoms with van der Waals surface area (Å²) in [7, 11) is 0. The number of amides is 2. The van der Waals surface area contributed by atoms with Crippen LogP contribution in [0.4, 0.5) is 5.69 Å². The van der Waals surface area contributed by atoms with E-state index in [0.29, 0.717) is 28.4 Å². The van der Waals surface area contributed by atoms with Gasteiger partial charge in [-0.05, 0) is 55.3 Å². The number of carbonyl (C=O) groups excluding carboxylic acids is 2. The minimum absolute atomic E-state index is 0.0851. The number of anilines is 1. The first-order chi connectivity index (χ1) is 12.5. The number of hydrogen-bond donors (Lipinski definition) is 2. The van der Waals surface area contributed by atoms with E-state index in [-0.39, 0.29) is 11.8 Å². The molecule has 0 unspecified atom stereocenters. The van der Waals surface area contributed by atoms with Crippen molar-refractivity contribution in [3.05, 3.63) is 64.7 Å². The Morgan fingerprint density at radius 1 is 1.00 bits per heavy atom. The van der Waals surface area contributed by atoms with Crippen LogP contribution in [0.25, 0.3) is 0 Å². The van der Waals surface area contributed by atoms with Crippen LogP contribution in [0.15, 0.2) is 53.6 Å². The largest absolute Gasteiger partial charge is 0.322 e. The predicted octanol–water partition coefficient (Wildman–Crippen LogP) is 4.62. The van der Waals surface area contributed by atoms with Gasteiger partial charge in [-0.2, -0.15) is 5.10 Å². The summed E-state index contributed by atoms with van der Waals surface area (Å²) in [5.41, 5.74) is 5.33. The Bertz CT molecular complexity index is 784. The Hall–Kier alpha value is -2.66. The van der Waals surface area contributed by atoms with Crippen molar-refractivity contribution in [2.45, 2.75) is 33.1 Å². The van der Waals surface area contributed by atoms with Crippen molar-refractivity contribution >= 4 is 34.8 Å². The van der Waals surface area contributed by atoms with Crippen molar-refractivity contribution in [2.24, 2.45) is 5.10 Å². The molecule has 0 fully saturated rings. The number of hydrogen-bond acceptors (Lipinski definition) is 3. The normalized spacial score (nSPS) is 11.1. The molecule has 0 saturated heterocycles. The van der Waals surface area contributed by atoms with Crippen LogP contribution >= 0.6 is 11.6 Å². The highest BCUT2D eigenvalue weighted by molar-refractivity contribution is 6.30. The van der Waals surface area contributed by atoms with Crippen molar-refractivity contribution < 1.29 is 9.59 Å². The summed E-state index contributed by atoms with van der Waals surface area (Å²) in [6.45, 7) is 3.86. The Morgan fingerprint density at radius 3 is 2.23 bits per heavy atom. The van der Waals surface area contributed by atoms with E-state index in [1.165, 1.54) is 0 Å². The van der Waals surface area contributed by atoms with Gasteiger partial charge in [0.25, 0.3) is 5.91 Å². The molecule has 0 heterocycles. The Morgan fingerprint density at radius 2 is 1.62 bits per heavy atom. The van der Waals surface area contributed by atoms with Gasteiger partial charge in [0.2, 0.25) is 5.91 Å². The van der Waals surface area contributed by atoms with E-state index in [2.05, 4.69) is 15.8 Å². The third-order valence-electron chi connectivity index (χ3n) is 3.77. The third-order valence-corrected chi connectivity index (χ3v) is 4.02. The maximum absolute atomic E-state index is 12.2. The highest BCUT2D eigenvalue weighted by atomic mass is 35.5. The average Bonchev–Trinajstić information content (AvgIpc) is 2.65. The second kappa shape index (κ2) is 9.73. The van der Waals surface area contributed by atoms with E-state index < -0.39 is 0 Å². The SMILES string of the molecule is CCCCC(=O)N/N=C(/C)c1ccc(NC(=O)c2ccc(Cl)cc2)cc1. The molecule has 2 N–H and O–H groups in total. The van der Waals surface area contributed by atoms with Crippen LogP contribution in [0.2, 0.25) is 5.02 Å². The summed E-state index contributed by atoms with van der Waals surface area (Å²) < 4.78 is 0. The van der Waals surface area contributed by atoms with Gasteiger partial charge >= 0.3 is 0 Å². The summed E-state index contributed by atoms with van der Waals surface area (Å²) in [6, 6.07) is 14.0. The van der Waals surface area contributed by atoms with Gasteiger partial charge in [0.15, 0.2) is 0 Å². The van der Waals surface area contributed by atoms with Crippen LogP contribution in [0, 0.1) is 0 Å². The van der Waals surface area contributed by atoms with E-state index in [1.807, 2.05) is 26.0 Å². The van der Waals surface area contributed by atoms with Crippen molar-refractivity contribution in [3.63, 3.8) is 0 Å². The molecular weight excluding hydrogens is 350 g/mol. The van der Waals surface area contributed by atoms with Gasteiger partial charge in [-0.1, -0.05) is 37.1 Å². The molecule has 0 aromatic heterocycles. The number of nitrogens with zero attached hydrogens (tertiary/aromatic N) is 1. The number of carbonyl (C=O) groups is 2. The van der Waals surface area contributed by atoms with Crippen molar-refractivity contribution in [2.75, 3.05) is 5.32 Å². The molecule has 0 atom stereocenters. The average molecular weight is 372 g/mol. The van der Waals surface area contributed by atoms with Crippen molar-refractivity contribution in [1.29, 1.82) is 0 Å². The van der Waals surface area contributed by atoms with Gasteiger partial charge in [0.05, 0.1) is 5.71 Å². The van der Waals surface area contributed by atoms with Gasteiger partial charge in [-0.3, -0.25) is 9.59 Å². The molecule has 2 aromatic rings. The quantitative estimate of drug-likeness (QED) is 0.550. The Balaban J connectivity index is 1.95. The Labute approximate surface area is 158 Å². The molecule has 2 aromatic carbocycles. The van der Waals surface area contributed by atoms with Gasteiger partial charge in [-0.15, -0.1) is 0 Å². The van der Waals surface area contributed by atoms with Crippen LogP contribution in [0.5, 0.6) is 0 Å². The molecule has 2 rings (SSSR count). The lowest BCUT2D eigenvalue weighted by molar-refractivity contribution is -0.121. The van der Waals surface area contributed by atoms with E-state index in [4.69, 9.17) is 11.6 Å². The lowest BCUT2D eigenvalue weighted by Gasteiger charge is -2.07. The van der Waals surface area contributed by atoms with Gasteiger partial charge in [0.1, 0.15) is 0 Å². The number of unbranched alkanes of at least 4 members (excludes halogenated alkanes) is 1. The Kier molecular flexibility index (Phi) is 7.36. The fourth-order valence-corrected chi connectivity index (χ4v) is 2.33. The molecule has 0 bridgehead atoms. The minimum Gasteiger partial charge on any atom is -0.322 e. The van der Waals surface area contributed by atoms with Crippen molar-refractivity contribution in [3.8, 4) is 0 Å². The van der Waals surface area contributed by atoms with Crippen LogP contribution < -0.4 is 10.7 Å². The van der Waals surface area contributed by atoms with Crippen LogP contribution in [-0.2, 0) is 4.79 Å². The third kappa shape index (κ3) is 6.01. The molecule has 5 nitrogen and oxygen atoms in total. The molecule has 136 valence electrons. The summed E-state index contributed by atoms with van der Waals surface area (Å²) in [6.07, 6.45) is 2.30. The summed E-state index contributed by atoms with van der Waals surface area (Å²) in [5.74, 6) is -0.291. The molecule has 6 heteroatoms. The van der Waals surface area contributed by atoms with Crippen LogP contribution in [0.3, 0.4) is 0 Å². The summed E-state index contributed by atoms with van der Waals surface area (Å²) in [5, 5.41) is 7.52. The second-order valence-corrected chi connectivity index (χ2v) is 6.31. The van der Waals surface area contributed by atoms with Gasteiger partial charge in [-0.25, -0.2) is 5.43 Å². The zero-order valence-electron chi connectivity index (χ0n) is 14.9. The molecular formula is C20H22ClN3O2. The monoisotopic (exact) mass is 371 g/mol. The first-order valence-corrected chi connectivity index (χ1v) is 8.88. The predicted molar refractivity (Wildman–Crippen MR) is 106 cm³/mol. The number of halogens is 1. The van der Waals surface area contributed by atoms with Gasteiger partial charge < -0.3 is 5.32 Å². The molecule has 0 aliphatic carbocycles. The molecule has 0 aliphatic rings. The zero-order valence-corrected chi connectivity index (χ0v) is 15.6. The number of nitrogens with one attached hydrogen (secondary N) is 2. The van der Waals surface area contributed by atoms with E-state index in [0.717, 1.165) is 18.4 Å². The highest BCUT2D eigenvalue weighted by Gasteiger charge is 2.06. The number of hydrazone groups is 1. The van der Waals surface area contributed by atoms with E-state index in [9.17, 15) is 9.59 Å². The topological polar surface area (TPSA) is 70.6 Å². The maximum atomic E-state index is 12.2. The summed E-state index contributed by atoms with van der Waals surface area (Å²) >= 11 is 5.82. The van der Waals surface area contributed by atoms with Crippen molar-refractivity contribution in [1.82, 2.24) is 5.43 Å². The zero-order chi connectivity index (χ0) is 18.9. The molecule has 0 radical (unpaired) electrons. The molecule has 0 spiro atoms. The molecule has 0 saturated carbocycles. The van der Waals surface area contributed by atoms with E-state index in [1.54, 1.807) is 36.4 Å². The molecule has 2 amide bonds. The number of benzene rings is 2. The smallest absolute Gasteiger partial charge is 0.255 e. The minimum atomic E-state index is -0.206. The lowest BCUT2D eigenvalue weighted by Crippen LogP contribution is -2.18. The van der Waals surface area contributed by atoms with Crippen LogP contribution in [-0.4, -0.2) is 17.5 Å². The van der Waals surface area contributed by atoms with Gasteiger partial charge in [0, 0.05) is 22.7 Å². The number of rotatable bonds is 7. The second-order valence-electron chi connectivity index (χ2n) is 5.87. The molecule has 0 aliphatic heterocycles.